The fourth-order valence-corrected chi connectivity index (χ4v) is 3.31. The number of likely N-dealkylation sites (N-methyl/N-ethyl adjacent to an activating group) is 1. The van der Waals surface area contributed by atoms with E-state index in [9.17, 15) is 4.79 Å². The normalized spacial score (nSPS) is 17.2. The predicted octanol–water partition coefficient (Wildman–Crippen LogP) is 1.50. The summed E-state index contributed by atoms with van der Waals surface area (Å²) in [7, 11) is 6.17. The summed E-state index contributed by atoms with van der Waals surface area (Å²) in [4.78, 5) is 26.1. The van der Waals surface area contributed by atoms with Crippen molar-refractivity contribution in [3.63, 3.8) is 0 Å². The maximum Gasteiger partial charge on any atom is 0.289 e. The Balaban J connectivity index is 1.77. The Morgan fingerprint density at radius 3 is 2.73 bits per heavy atom. The van der Waals surface area contributed by atoms with Gasteiger partial charge in [0.15, 0.2) is 0 Å². The van der Waals surface area contributed by atoms with E-state index in [4.69, 9.17) is 0 Å². The Kier molecular flexibility index (Phi) is 5.27. The molecule has 140 valence electrons. The lowest BCUT2D eigenvalue weighted by atomic mass is 10.2. The molecule has 1 atom stereocenters. The second kappa shape index (κ2) is 7.45. The highest BCUT2D eigenvalue weighted by Gasteiger charge is 2.27. The summed E-state index contributed by atoms with van der Waals surface area (Å²) in [5.41, 5.74) is 2.94. The van der Waals surface area contributed by atoms with Crippen molar-refractivity contribution in [1.82, 2.24) is 24.8 Å². The van der Waals surface area contributed by atoms with Gasteiger partial charge in [-0.25, -0.2) is 9.97 Å². The van der Waals surface area contributed by atoms with Crippen molar-refractivity contribution in [2.45, 2.75) is 32.9 Å². The molecule has 0 bridgehead atoms. The molecule has 0 aliphatic carbocycles. The number of aryl methyl sites for hydroxylation is 2. The monoisotopic (exact) mass is 356 g/mol. The van der Waals surface area contributed by atoms with Gasteiger partial charge in [0.2, 0.25) is 5.82 Å². The number of carbonyl (C=O) groups is 1. The summed E-state index contributed by atoms with van der Waals surface area (Å²) in [6, 6.07) is 4.46. The molecular formula is C19H28N6O. The largest absolute Gasteiger partial charge is 0.355 e. The summed E-state index contributed by atoms with van der Waals surface area (Å²) in [6.45, 7) is 6.30. The van der Waals surface area contributed by atoms with Gasteiger partial charge < -0.3 is 19.7 Å². The van der Waals surface area contributed by atoms with E-state index < -0.39 is 0 Å². The lowest BCUT2D eigenvalue weighted by Gasteiger charge is -2.23. The van der Waals surface area contributed by atoms with E-state index in [1.807, 2.05) is 43.8 Å². The lowest BCUT2D eigenvalue weighted by Crippen LogP contribution is -2.33. The Labute approximate surface area is 155 Å². The molecule has 1 aliphatic rings. The third-order valence-electron chi connectivity index (χ3n) is 5.24. The average Bonchev–Trinajstić information content (AvgIpc) is 3.24. The molecule has 3 heterocycles. The van der Waals surface area contributed by atoms with Crippen molar-refractivity contribution in [2.75, 3.05) is 32.1 Å². The summed E-state index contributed by atoms with van der Waals surface area (Å²) in [5, 5.41) is 2.92. The molecule has 1 saturated heterocycles. The molecule has 1 amide bonds. The lowest BCUT2D eigenvalue weighted by molar-refractivity contribution is 0.0939. The fraction of sp³-hybridized carbons (Fsp3) is 0.526. The zero-order valence-corrected chi connectivity index (χ0v) is 16.3. The van der Waals surface area contributed by atoms with Crippen molar-refractivity contribution in [1.29, 1.82) is 0 Å². The van der Waals surface area contributed by atoms with Gasteiger partial charge in [0.05, 0.1) is 6.54 Å². The first-order valence-corrected chi connectivity index (χ1v) is 9.02. The standard InChI is InChI=1S/C19H28N6O/c1-13-14(2)21-17(19(26)20-11-15-7-6-9-24(15)5)22-18(13)25-10-8-16(12-25)23(3)4/h6-7,9,16H,8,10-12H2,1-5H3,(H,20,26)/t16-/m1/s1. The molecule has 3 rings (SSSR count). The third kappa shape index (κ3) is 3.72. The van der Waals surface area contributed by atoms with Crippen LogP contribution in [0.15, 0.2) is 18.3 Å². The Morgan fingerprint density at radius 2 is 2.12 bits per heavy atom. The molecule has 1 N–H and O–H groups in total. The summed E-state index contributed by atoms with van der Waals surface area (Å²) in [5.74, 6) is 0.885. The zero-order chi connectivity index (χ0) is 18.8. The molecule has 0 unspecified atom stereocenters. The van der Waals surface area contributed by atoms with Crippen LogP contribution >= 0.6 is 0 Å². The molecule has 2 aromatic heterocycles. The first-order chi connectivity index (χ1) is 12.4. The summed E-state index contributed by atoms with van der Waals surface area (Å²) in [6.07, 6.45) is 3.06. The Hall–Kier alpha value is -2.41. The minimum Gasteiger partial charge on any atom is -0.355 e. The van der Waals surface area contributed by atoms with Crippen LogP contribution in [-0.2, 0) is 13.6 Å². The molecular weight excluding hydrogens is 328 g/mol. The van der Waals surface area contributed by atoms with Crippen molar-refractivity contribution >= 4 is 11.7 Å². The van der Waals surface area contributed by atoms with Gasteiger partial charge >= 0.3 is 0 Å². The van der Waals surface area contributed by atoms with Crippen LogP contribution in [0.3, 0.4) is 0 Å². The van der Waals surface area contributed by atoms with Crippen molar-refractivity contribution in [2.24, 2.45) is 7.05 Å². The minimum absolute atomic E-state index is 0.237. The van der Waals surface area contributed by atoms with Crippen LogP contribution in [0.5, 0.6) is 0 Å². The number of rotatable bonds is 5. The van der Waals surface area contributed by atoms with Crippen LogP contribution in [0.4, 0.5) is 5.82 Å². The maximum atomic E-state index is 12.6. The van der Waals surface area contributed by atoms with Crippen LogP contribution in [0.1, 0.15) is 34.0 Å². The van der Waals surface area contributed by atoms with Gasteiger partial charge in [0.25, 0.3) is 5.91 Å². The molecule has 1 aliphatic heterocycles. The minimum atomic E-state index is -0.237. The van der Waals surface area contributed by atoms with E-state index in [0.717, 1.165) is 42.3 Å². The van der Waals surface area contributed by atoms with Gasteiger partial charge in [-0.15, -0.1) is 0 Å². The number of hydrogen-bond acceptors (Lipinski definition) is 5. The number of nitrogens with one attached hydrogen (secondary N) is 1. The number of amides is 1. The highest BCUT2D eigenvalue weighted by atomic mass is 16.2. The molecule has 26 heavy (non-hydrogen) atoms. The van der Waals surface area contributed by atoms with Gasteiger partial charge in [-0.05, 0) is 46.5 Å². The number of aromatic nitrogens is 3. The van der Waals surface area contributed by atoms with E-state index in [1.165, 1.54) is 0 Å². The number of carbonyl (C=O) groups excluding carboxylic acids is 1. The maximum absolute atomic E-state index is 12.6. The second-order valence-corrected chi connectivity index (χ2v) is 7.23. The second-order valence-electron chi connectivity index (χ2n) is 7.23. The Morgan fingerprint density at radius 1 is 1.35 bits per heavy atom. The molecule has 0 radical (unpaired) electrons. The van der Waals surface area contributed by atoms with Crippen molar-refractivity contribution in [3.05, 3.63) is 41.1 Å². The first-order valence-electron chi connectivity index (χ1n) is 9.02. The SMILES string of the molecule is Cc1nc(C(=O)NCc2cccn2C)nc(N2CC[C@@H](N(C)C)C2)c1C. The van der Waals surface area contributed by atoms with Crippen LogP contribution in [0.2, 0.25) is 0 Å². The molecule has 2 aromatic rings. The molecule has 1 fully saturated rings. The predicted molar refractivity (Wildman–Crippen MR) is 102 cm³/mol. The van der Waals surface area contributed by atoms with Gasteiger partial charge in [-0.1, -0.05) is 0 Å². The number of nitrogens with zero attached hydrogens (tertiary/aromatic N) is 5. The quantitative estimate of drug-likeness (QED) is 0.879. The van der Waals surface area contributed by atoms with Gasteiger partial charge in [-0.3, -0.25) is 4.79 Å². The summed E-state index contributed by atoms with van der Waals surface area (Å²) < 4.78 is 1.98. The summed E-state index contributed by atoms with van der Waals surface area (Å²) >= 11 is 0. The Bertz CT molecular complexity index is 797. The molecule has 0 spiro atoms. The fourth-order valence-electron chi connectivity index (χ4n) is 3.31. The number of hydrogen-bond donors (Lipinski definition) is 1. The van der Waals surface area contributed by atoms with Gasteiger partial charge in [0, 0.05) is 49.3 Å². The molecule has 0 saturated carbocycles. The van der Waals surface area contributed by atoms with E-state index in [0.29, 0.717) is 12.6 Å². The van der Waals surface area contributed by atoms with Crippen LogP contribution < -0.4 is 10.2 Å². The third-order valence-corrected chi connectivity index (χ3v) is 5.24. The highest BCUT2D eigenvalue weighted by Crippen LogP contribution is 2.25. The van der Waals surface area contributed by atoms with Crippen molar-refractivity contribution < 1.29 is 4.79 Å². The molecule has 7 nitrogen and oxygen atoms in total. The number of anilines is 1. The smallest absolute Gasteiger partial charge is 0.289 e. The first kappa shape index (κ1) is 18.4. The van der Waals surface area contributed by atoms with Gasteiger partial charge in [0.1, 0.15) is 5.82 Å². The van der Waals surface area contributed by atoms with E-state index in [-0.39, 0.29) is 11.7 Å². The average molecular weight is 356 g/mol. The highest BCUT2D eigenvalue weighted by molar-refractivity contribution is 5.90. The molecule has 0 aromatic carbocycles. The molecule has 7 heteroatoms. The van der Waals surface area contributed by atoms with Crippen LogP contribution in [0, 0.1) is 13.8 Å². The van der Waals surface area contributed by atoms with E-state index >= 15 is 0 Å². The van der Waals surface area contributed by atoms with Crippen LogP contribution in [-0.4, -0.2) is 58.6 Å². The topological polar surface area (TPSA) is 66.3 Å². The van der Waals surface area contributed by atoms with E-state index in [1.54, 1.807) is 0 Å². The zero-order valence-electron chi connectivity index (χ0n) is 16.3. The van der Waals surface area contributed by atoms with Crippen molar-refractivity contribution in [3.8, 4) is 0 Å². The van der Waals surface area contributed by atoms with E-state index in [2.05, 4.69) is 39.2 Å². The van der Waals surface area contributed by atoms with Gasteiger partial charge in [-0.2, -0.15) is 0 Å². The van der Waals surface area contributed by atoms with Crippen LogP contribution in [0.25, 0.3) is 0 Å².